The van der Waals surface area contributed by atoms with E-state index in [2.05, 4.69) is 0 Å². The molecule has 2 aromatic carbocycles. The average molecular weight is 276 g/mol. The van der Waals surface area contributed by atoms with Gasteiger partial charge in [-0.05, 0) is 11.1 Å². The van der Waals surface area contributed by atoms with Gasteiger partial charge in [-0.15, -0.1) is 0 Å². The van der Waals surface area contributed by atoms with E-state index in [9.17, 15) is 0 Å². The highest BCUT2D eigenvalue weighted by Gasteiger charge is 2.20. The fourth-order valence-corrected chi connectivity index (χ4v) is 2.69. The zero-order valence-corrected chi connectivity index (χ0v) is 11.1. The summed E-state index contributed by atoms with van der Waals surface area (Å²) in [6, 6.07) is 19.4. The summed E-state index contributed by atoms with van der Waals surface area (Å²) < 4.78 is 0. The number of rotatable bonds is 6. The Morgan fingerprint density at radius 1 is 0.684 bits per heavy atom. The molecule has 2 atom stereocenters. The van der Waals surface area contributed by atoms with Crippen molar-refractivity contribution in [2.24, 2.45) is 11.8 Å². The van der Waals surface area contributed by atoms with Crippen LogP contribution in [0.5, 0.6) is 0 Å². The second-order valence-electron chi connectivity index (χ2n) is 3.89. The standard InChI is InChI=1S/C14H16N2O2S/c15-17-13(11-7-3-1-4-8-11)19-14(18-16)12-9-5-2-6-10-12/h1-10,13-14H,15-16H2. The molecule has 0 aliphatic rings. The molecule has 0 aliphatic heterocycles. The third-order valence-electron chi connectivity index (χ3n) is 2.64. The van der Waals surface area contributed by atoms with Crippen molar-refractivity contribution >= 4 is 11.8 Å². The summed E-state index contributed by atoms with van der Waals surface area (Å²) in [6.45, 7) is 0. The average Bonchev–Trinajstić information content (AvgIpc) is 2.50. The number of benzene rings is 2. The number of hydrogen-bond donors (Lipinski definition) is 2. The van der Waals surface area contributed by atoms with Crippen LogP contribution >= 0.6 is 11.8 Å². The molecule has 4 N–H and O–H groups in total. The van der Waals surface area contributed by atoms with Crippen LogP contribution in [0, 0.1) is 0 Å². The summed E-state index contributed by atoms with van der Waals surface area (Å²) in [6.07, 6.45) is 0. The van der Waals surface area contributed by atoms with Crippen LogP contribution in [0.4, 0.5) is 0 Å². The van der Waals surface area contributed by atoms with E-state index >= 15 is 0 Å². The molecule has 0 aliphatic carbocycles. The van der Waals surface area contributed by atoms with E-state index in [1.165, 1.54) is 11.8 Å². The summed E-state index contributed by atoms with van der Waals surface area (Å²) in [4.78, 5) is 10.0. The molecule has 2 aromatic rings. The Morgan fingerprint density at radius 2 is 1.05 bits per heavy atom. The molecule has 19 heavy (non-hydrogen) atoms. The molecular formula is C14H16N2O2S. The molecule has 0 heterocycles. The minimum absolute atomic E-state index is 0.338. The van der Waals surface area contributed by atoms with Gasteiger partial charge in [-0.25, -0.2) is 11.8 Å². The lowest BCUT2D eigenvalue weighted by molar-refractivity contribution is 0.0941. The summed E-state index contributed by atoms with van der Waals surface area (Å²) in [5.74, 6) is 10.7. The van der Waals surface area contributed by atoms with Gasteiger partial charge in [-0.1, -0.05) is 72.4 Å². The third-order valence-corrected chi connectivity index (χ3v) is 3.90. The normalized spacial score (nSPS) is 14.0. The van der Waals surface area contributed by atoms with Gasteiger partial charge in [0.2, 0.25) is 0 Å². The van der Waals surface area contributed by atoms with E-state index in [-0.39, 0.29) is 10.9 Å². The largest absolute Gasteiger partial charge is 0.285 e. The van der Waals surface area contributed by atoms with Gasteiger partial charge in [0.1, 0.15) is 0 Å². The second-order valence-corrected chi connectivity index (χ2v) is 5.02. The van der Waals surface area contributed by atoms with Gasteiger partial charge in [0, 0.05) is 0 Å². The minimum Gasteiger partial charge on any atom is -0.285 e. The predicted octanol–water partition coefficient (Wildman–Crippen LogP) is 2.90. The molecule has 5 heteroatoms. The summed E-state index contributed by atoms with van der Waals surface area (Å²) in [5.41, 5.74) is 1.26. The third kappa shape index (κ3) is 3.79. The molecule has 2 unspecified atom stereocenters. The van der Waals surface area contributed by atoms with Crippen molar-refractivity contribution in [3.63, 3.8) is 0 Å². The maximum absolute atomic E-state index is 5.37. The SMILES string of the molecule is NOC(SC(ON)c1ccccc1)c1ccccc1. The first kappa shape index (κ1) is 14.0. The predicted molar refractivity (Wildman–Crippen MR) is 76.5 cm³/mol. The Morgan fingerprint density at radius 3 is 1.37 bits per heavy atom. The minimum atomic E-state index is -0.338. The van der Waals surface area contributed by atoms with E-state index in [0.717, 1.165) is 11.1 Å². The maximum Gasteiger partial charge on any atom is 0.152 e. The number of nitrogens with two attached hydrogens (primary N) is 2. The van der Waals surface area contributed by atoms with Crippen molar-refractivity contribution in [1.82, 2.24) is 0 Å². The monoisotopic (exact) mass is 276 g/mol. The van der Waals surface area contributed by atoms with Crippen LogP contribution < -0.4 is 11.8 Å². The summed E-state index contributed by atoms with van der Waals surface area (Å²) >= 11 is 1.40. The van der Waals surface area contributed by atoms with Crippen molar-refractivity contribution < 1.29 is 9.68 Å². The Kier molecular flexibility index (Phi) is 5.38. The Balaban J connectivity index is 2.13. The van der Waals surface area contributed by atoms with Crippen LogP contribution in [0.3, 0.4) is 0 Å². The van der Waals surface area contributed by atoms with Crippen molar-refractivity contribution in [3.05, 3.63) is 71.8 Å². The molecule has 2 rings (SSSR count). The molecule has 100 valence electrons. The van der Waals surface area contributed by atoms with E-state index in [1.807, 2.05) is 60.7 Å². The van der Waals surface area contributed by atoms with E-state index < -0.39 is 0 Å². The van der Waals surface area contributed by atoms with Gasteiger partial charge in [0.15, 0.2) is 10.9 Å². The summed E-state index contributed by atoms with van der Waals surface area (Å²) in [7, 11) is 0. The summed E-state index contributed by atoms with van der Waals surface area (Å²) in [5, 5.41) is 0. The van der Waals surface area contributed by atoms with E-state index in [1.54, 1.807) is 0 Å². The zero-order valence-electron chi connectivity index (χ0n) is 10.3. The lowest BCUT2D eigenvalue weighted by Gasteiger charge is -2.20. The Bertz CT molecular complexity index is 436. The molecule has 0 saturated heterocycles. The van der Waals surface area contributed by atoms with Gasteiger partial charge in [0.05, 0.1) is 0 Å². The van der Waals surface area contributed by atoms with Crippen molar-refractivity contribution in [1.29, 1.82) is 0 Å². The van der Waals surface area contributed by atoms with Gasteiger partial charge in [-0.3, -0.25) is 9.68 Å². The second kappa shape index (κ2) is 7.28. The molecule has 0 spiro atoms. The van der Waals surface area contributed by atoms with Crippen molar-refractivity contribution in [2.45, 2.75) is 10.9 Å². The first-order valence-electron chi connectivity index (χ1n) is 5.81. The van der Waals surface area contributed by atoms with Crippen LogP contribution in [0.25, 0.3) is 0 Å². The Labute approximate surface area is 116 Å². The quantitative estimate of drug-likeness (QED) is 0.627. The van der Waals surface area contributed by atoms with Crippen LogP contribution in [-0.2, 0) is 9.68 Å². The van der Waals surface area contributed by atoms with Gasteiger partial charge in [0.25, 0.3) is 0 Å². The van der Waals surface area contributed by atoms with Crippen molar-refractivity contribution in [2.75, 3.05) is 0 Å². The maximum atomic E-state index is 5.37. The molecule has 4 nitrogen and oxygen atoms in total. The zero-order chi connectivity index (χ0) is 13.5. The fourth-order valence-electron chi connectivity index (χ4n) is 1.71. The lowest BCUT2D eigenvalue weighted by atomic mass is 10.2. The van der Waals surface area contributed by atoms with Crippen molar-refractivity contribution in [3.8, 4) is 0 Å². The van der Waals surface area contributed by atoms with E-state index in [4.69, 9.17) is 21.5 Å². The topological polar surface area (TPSA) is 70.5 Å². The highest BCUT2D eigenvalue weighted by Crippen LogP contribution is 2.40. The molecular weight excluding hydrogens is 260 g/mol. The van der Waals surface area contributed by atoms with Crippen LogP contribution in [0.15, 0.2) is 60.7 Å². The van der Waals surface area contributed by atoms with Crippen LogP contribution in [0.2, 0.25) is 0 Å². The highest BCUT2D eigenvalue weighted by molar-refractivity contribution is 7.99. The van der Waals surface area contributed by atoms with Gasteiger partial charge < -0.3 is 0 Å². The van der Waals surface area contributed by atoms with Crippen LogP contribution in [0.1, 0.15) is 22.0 Å². The van der Waals surface area contributed by atoms with Crippen LogP contribution in [-0.4, -0.2) is 0 Å². The molecule has 0 radical (unpaired) electrons. The molecule has 0 amide bonds. The van der Waals surface area contributed by atoms with E-state index in [0.29, 0.717) is 0 Å². The number of thioether (sulfide) groups is 1. The highest BCUT2D eigenvalue weighted by atomic mass is 32.2. The fraction of sp³-hybridized carbons (Fsp3) is 0.143. The Hall–Kier alpha value is -1.37. The van der Waals surface area contributed by atoms with Gasteiger partial charge >= 0.3 is 0 Å². The molecule has 0 aromatic heterocycles. The first-order chi connectivity index (χ1) is 9.35. The van der Waals surface area contributed by atoms with Gasteiger partial charge in [-0.2, -0.15) is 0 Å². The molecule has 0 bridgehead atoms. The molecule has 0 saturated carbocycles. The lowest BCUT2D eigenvalue weighted by Crippen LogP contribution is -2.12. The first-order valence-corrected chi connectivity index (χ1v) is 6.76. The molecule has 0 fully saturated rings. The smallest absolute Gasteiger partial charge is 0.152 e. The number of hydrogen-bond acceptors (Lipinski definition) is 5.